The Kier molecular flexibility index (Phi) is 6.50. The van der Waals surface area contributed by atoms with Crippen LogP contribution in [0.3, 0.4) is 0 Å². The number of aryl methyl sites for hydroxylation is 1. The van der Waals surface area contributed by atoms with Crippen molar-refractivity contribution < 1.29 is 13.2 Å². The van der Waals surface area contributed by atoms with E-state index in [2.05, 4.69) is 16.0 Å². The van der Waals surface area contributed by atoms with E-state index in [0.29, 0.717) is 12.1 Å². The van der Waals surface area contributed by atoms with Gasteiger partial charge in [0, 0.05) is 19.2 Å². The summed E-state index contributed by atoms with van der Waals surface area (Å²) in [5, 5.41) is 0. The molecule has 0 unspecified atom stereocenters. The highest BCUT2D eigenvalue weighted by molar-refractivity contribution is 5.74. The number of nitrogens with zero attached hydrogens (tertiary/aromatic N) is 3. The van der Waals surface area contributed by atoms with E-state index in [0.717, 1.165) is 37.5 Å². The van der Waals surface area contributed by atoms with Crippen molar-refractivity contribution in [3.8, 4) is 0 Å². The van der Waals surface area contributed by atoms with Gasteiger partial charge in [-0.1, -0.05) is 18.6 Å². The van der Waals surface area contributed by atoms with Crippen LogP contribution in [0.2, 0.25) is 0 Å². The van der Waals surface area contributed by atoms with Crippen LogP contribution in [-0.2, 0) is 13.6 Å². The van der Waals surface area contributed by atoms with E-state index < -0.39 is 12.2 Å². The number of alkyl halides is 2. The van der Waals surface area contributed by atoms with Crippen LogP contribution in [0, 0.1) is 5.82 Å². The monoisotopic (exact) mass is 375 g/mol. The molecule has 144 valence electrons. The Bertz CT molecular complexity index is 870. The van der Waals surface area contributed by atoms with Gasteiger partial charge in [0.15, 0.2) is 0 Å². The van der Waals surface area contributed by atoms with Gasteiger partial charge in [-0.25, -0.2) is 18.2 Å². The number of imidazole rings is 1. The molecule has 0 aliphatic carbocycles. The van der Waals surface area contributed by atoms with Gasteiger partial charge in [0.2, 0.25) is 0 Å². The number of hydrogen-bond acceptors (Lipinski definition) is 2. The summed E-state index contributed by atoms with van der Waals surface area (Å²) in [7, 11) is 2.00. The number of fused-ring (bicyclic) bond motifs is 1. The fourth-order valence-corrected chi connectivity index (χ4v) is 3.35. The van der Waals surface area contributed by atoms with E-state index in [-0.39, 0.29) is 5.56 Å². The van der Waals surface area contributed by atoms with Crippen LogP contribution in [0.1, 0.15) is 36.8 Å². The standard InChI is InChI=1S/C13H16F3N.C8H8N2/c14-12-7-10(6-11(8-12)13(15)16)9-17-4-2-1-3-5-17;1-10-6-9-7-4-2-3-5-8(7)10/h6-8,13H,1-5,9H2;2-6H,1H3. The number of likely N-dealkylation sites (tertiary alicyclic amines) is 1. The molecule has 3 nitrogen and oxygen atoms in total. The van der Waals surface area contributed by atoms with E-state index in [1.54, 1.807) is 0 Å². The average Bonchev–Trinajstić information content (AvgIpc) is 3.04. The van der Waals surface area contributed by atoms with Crippen LogP contribution in [-0.4, -0.2) is 27.5 Å². The second-order valence-electron chi connectivity index (χ2n) is 6.87. The molecule has 6 heteroatoms. The Morgan fingerprint density at radius 1 is 1.04 bits per heavy atom. The molecule has 0 spiro atoms. The second-order valence-corrected chi connectivity index (χ2v) is 6.87. The smallest absolute Gasteiger partial charge is 0.263 e. The fourth-order valence-electron chi connectivity index (χ4n) is 3.35. The van der Waals surface area contributed by atoms with Gasteiger partial charge in [-0.2, -0.15) is 0 Å². The molecule has 0 saturated carbocycles. The zero-order valence-corrected chi connectivity index (χ0v) is 15.4. The average molecular weight is 375 g/mol. The molecule has 1 fully saturated rings. The summed E-state index contributed by atoms with van der Waals surface area (Å²) in [4.78, 5) is 6.37. The van der Waals surface area contributed by atoms with E-state index in [4.69, 9.17) is 0 Å². The molecular formula is C21H24F3N3. The summed E-state index contributed by atoms with van der Waals surface area (Å²) in [6.45, 7) is 2.51. The van der Waals surface area contributed by atoms with Crippen molar-refractivity contribution in [2.24, 2.45) is 7.05 Å². The number of hydrogen-bond donors (Lipinski definition) is 0. The lowest BCUT2D eigenvalue weighted by Gasteiger charge is -2.26. The molecule has 1 saturated heterocycles. The van der Waals surface area contributed by atoms with Crippen LogP contribution >= 0.6 is 0 Å². The molecule has 2 aromatic carbocycles. The third-order valence-electron chi connectivity index (χ3n) is 4.72. The number of piperidine rings is 1. The summed E-state index contributed by atoms with van der Waals surface area (Å²) in [6, 6.07) is 11.7. The Morgan fingerprint density at radius 2 is 1.78 bits per heavy atom. The lowest BCUT2D eigenvalue weighted by Crippen LogP contribution is -2.29. The van der Waals surface area contributed by atoms with Crippen LogP contribution < -0.4 is 0 Å². The molecule has 1 aliphatic rings. The molecule has 3 aromatic rings. The third-order valence-corrected chi connectivity index (χ3v) is 4.72. The van der Waals surface area contributed by atoms with Gasteiger partial charge in [-0.05, 0) is 61.8 Å². The molecule has 27 heavy (non-hydrogen) atoms. The first-order valence-corrected chi connectivity index (χ1v) is 9.19. The van der Waals surface area contributed by atoms with Gasteiger partial charge in [-0.15, -0.1) is 0 Å². The summed E-state index contributed by atoms with van der Waals surface area (Å²) in [6.07, 6.45) is 2.71. The first-order valence-electron chi connectivity index (χ1n) is 9.19. The number of benzene rings is 2. The lowest BCUT2D eigenvalue weighted by atomic mass is 10.1. The molecule has 1 aliphatic heterocycles. The minimum Gasteiger partial charge on any atom is -0.334 e. The van der Waals surface area contributed by atoms with Crippen LogP contribution in [0.4, 0.5) is 13.2 Å². The minimum absolute atomic E-state index is 0.225. The second kappa shape index (κ2) is 9.04. The Morgan fingerprint density at radius 3 is 2.48 bits per heavy atom. The fraction of sp³-hybridized carbons (Fsp3) is 0.381. The predicted molar refractivity (Wildman–Crippen MR) is 101 cm³/mol. The summed E-state index contributed by atoms with van der Waals surface area (Å²) < 4.78 is 40.3. The van der Waals surface area contributed by atoms with E-state index >= 15 is 0 Å². The third kappa shape index (κ3) is 5.32. The van der Waals surface area contributed by atoms with Gasteiger partial charge in [0.1, 0.15) is 5.82 Å². The Hall–Kier alpha value is -2.34. The van der Waals surface area contributed by atoms with Crippen molar-refractivity contribution in [2.75, 3.05) is 13.1 Å². The zero-order valence-electron chi connectivity index (χ0n) is 15.4. The van der Waals surface area contributed by atoms with Gasteiger partial charge in [0.05, 0.1) is 17.4 Å². The molecule has 0 amide bonds. The Labute approximate surface area is 157 Å². The van der Waals surface area contributed by atoms with Crippen molar-refractivity contribution in [3.63, 3.8) is 0 Å². The number of para-hydroxylation sites is 2. The molecule has 4 rings (SSSR count). The molecule has 2 heterocycles. The highest BCUT2D eigenvalue weighted by Crippen LogP contribution is 2.22. The van der Waals surface area contributed by atoms with Crippen molar-refractivity contribution in [2.45, 2.75) is 32.2 Å². The largest absolute Gasteiger partial charge is 0.334 e. The normalized spacial score (nSPS) is 15.0. The van der Waals surface area contributed by atoms with E-state index in [1.807, 2.05) is 36.1 Å². The first kappa shape index (κ1) is 19.4. The highest BCUT2D eigenvalue weighted by Gasteiger charge is 2.14. The van der Waals surface area contributed by atoms with E-state index in [1.165, 1.54) is 24.1 Å². The Balaban J connectivity index is 0.000000177. The van der Waals surface area contributed by atoms with Gasteiger partial charge in [0.25, 0.3) is 6.43 Å². The molecule has 0 radical (unpaired) electrons. The van der Waals surface area contributed by atoms with Crippen LogP contribution in [0.25, 0.3) is 11.0 Å². The maximum absolute atomic E-state index is 13.2. The van der Waals surface area contributed by atoms with Crippen molar-refractivity contribution >= 4 is 11.0 Å². The molecule has 0 N–H and O–H groups in total. The van der Waals surface area contributed by atoms with Crippen molar-refractivity contribution in [1.29, 1.82) is 0 Å². The van der Waals surface area contributed by atoms with E-state index in [9.17, 15) is 13.2 Å². The van der Waals surface area contributed by atoms with Gasteiger partial charge < -0.3 is 4.57 Å². The van der Waals surface area contributed by atoms with Gasteiger partial charge in [-0.3, -0.25) is 4.90 Å². The molecule has 1 aromatic heterocycles. The van der Waals surface area contributed by atoms with Crippen LogP contribution in [0.15, 0.2) is 48.8 Å². The number of halogens is 3. The van der Waals surface area contributed by atoms with Crippen LogP contribution in [0.5, 0.6) is 0 Å². The zero-order chi connectivity index (χ0) is 19.2. The predicted octanol–water partition coefficient (Wildman–Crippen LogP) is 5.32. The van der Waals surface area contributed by atoms with Crippen molar-refractivity contribution in [3.05, 3.63) is 65.7 Å². The topological polar surface area (TPSA) is 21.1 Å². The minimum atomic E-state index is -2.61. The SMILES string of the molecule is Cn1cnc2ccccc21.Fc1cc(CN2CCCCC2)cc(C(F)F)c1. The quantitative estimate of drug-likeness (QED) is 0.618. The molecule has 0 atom stereocenters. The summed E-state index contributed by atoms with van der Waals surface area (Å²) >= 11 is 0. The van der Waals surface area contributed by atoms with Gasteiger partial charge >= 0.3 is 0 Å². The highest BCUT2D eigenvalue weighted by atomic mass is 19.3. The summed E-state index contributed by atoms with van der Waals surface area (Å²) in [5.41, 5.74) is 2.66. The molecule has 0 bridgehead atoms. The molecular weight excluding hydrogens is 351 g/mol. The maximum atomic E-state index is 13.2. The number of aromatic nitrogens is 2. The number of rotatable bonds is 3. The lowest BCUT2D eigenvalue weighted by molar-refractivity contribution is 0.150. The summed E-state index contributed by atoms with van der Waals surface area (Å²) in [5.74, 6) is -0.574. The maximum Gasteiger partial charge on any atom is 0.263 e. The van der Waals surface area contributed by atoms with Crippen molar-refractivity contribution in [1.82, 2.24) is 14.5 Å². The first-order chi connectivity index (χ1) is 13.0.